The van der Waals surface area contributed by atoms with Crippen LogP contribution in [0, 0.1) is 11.3 Å². The summed E-state index contributed by atoms with van der Waals surface area (Å²) in [7, 11) is 0. The van der Waals surface area contributed by atoms with Crippen molar-refractivity contribution in [3.05, 3.63) is 0 Å². The van der Waals surface area contributed by atoms with Gasteiger partial charge >= 0.3 is 6.18 Å². The van der Waals surface area contributed by atoms with Crippen LogP contribution in [0.1, 0.15) is 32.1 Å². The van der Waals surface area contributed by atoms with Crippen LogP contribution in [-0.2, 0) is 4.79 Å². The molecule has 1 spiro atoms. The highest BCUT2D eigenvalue weighted by molar-refractivity contribution is 5.85. The number of amides is 1. The second-order valence-corrected chi connectivity index (χ2v) is 6.76. The summed E-state index contributed by atoms with van der Waals surface area (Å²) < 4.78 is 38.8. The van der Waals surface area contributed by atoms with Crippen molar-refractivity contribution in [1.29, 1.82) is 0 Å². The third-order valence-electron chi connectivity index (χ3n) is 5.40. The smallest absolute Gasteiger partial charge is 0.379 e. The average Bonchev–Trinajstić information content (AvgIpc) is 3.11. The van der Waals surface area contributed by atoms with E-state index in [2.05, 4.69) is 5.32 Å². The Labute approximate surface area is 133 Å². The summed E-state index contributed by atoms with van der Waals surface area (Å²) in [6, 6.07) is 0. The first-order valence-electron chi connectivity index (χ1n) is 7.56. The molecule has 2 atom stereocenters. The molecule has 1 amide bonds. The number of carbonyl (C=O) groups excluding carboxylic acids is 1. The lowest BCUT2D eigenvalue weighted by molar-refractivity contribution is -0.272. The topological polar surface area (TPSA) is 52.6 Å². The molecular formula is C14H22ClF3N2O2. The zero-order valence-corrected chi connectivity index (χ0v) is 13.1. The van der Waals surface area contributed by atoms with Gasteiger partial charge in [0.15, 0.2) is 5.60 Å². The Morgan fingerprint density at radius 1 is 1.23 bits per heavy atom. The highest BCUT2D eigenvalue weighted by atomic mass is 35.5. The zero-order valence-electron chi connectivity index (χ0n) is 12.3. The Bertz CT molecular complexity index is 440. The van der Waals surface area contributed by atoms with E-state index in [0.29, 0.717) is 6.54 Å². The number of aliphatic hydroxyl groups is 1. The Morgan fingerprint density at radius 2 is 1.86 bits per heavy atom. The number of carbonyl (C=O) groups is 1. The molecule has 3 rings (SSSR count). The van der Waals surface area contributed by atoms with Crippen molar-refractivity contribution in [2.24, 2.45) is 11.3 Å². The summed E-state index contributed by atoms with van der Waals surface area (Å²) in [4.78, 5) is 13.7. The number of hydrogen-bond acceptors (Lipinski definition) is 3. The van der Waals surface area contributed by atoms with Crippen molar-refractivity contribution in [1.82, 2.24) is 10.2 Å². The van der Waals surface area contributed by atoms with Crippen LogP contribution in [0.5, 0.6) is 0 Å². The molecule has 2 heterocycles. The first-order chi connectivity index (χ1) is 9.78. The number of likely N-dealkylation sites (tertiary alicyclic amines) is 1. The first kappa shape index (κ1) is 17.8. The van der Waals surface area contributed by atoms with Gasteiger partial charge in [0, 0.05) is 12.5 Å². The van der Waals surface area contributed by atoms with Gasteiger partial charge in [0.2, 0.25) is 5.91 Å². The van der Waals surface area contributed by atoms with Crippen molar-refractivity contribution in [2.75, 3.05) is 26.2 Å². The molecule has 3 fully saturated rings. The number of hydrogen-bond donors (Lipinski definition) is 2. The lowest BCUT2D eigenvalue weighted by Crippen LogP contribution is -2.58. The maximum absolute atomic E-state index is 12.9. The number of β-amino-alcohol motifs (C(OH)–C–C–N with tert-alkyl or cyclic N) is 1. The molecule has 2 unspecified atom stereocenters. The van der Waals surface area contributed by atoms with Gasteiger partial charge < -0.3 is 15.3 Å². The number of halogens is 4. The van der Waals surface area contributed by atoms with Crippen LogP contribution in [0.25, 0.3) is 0 Å². The quantitative estimate of drug-likeness (QED) is 0.763. The van der Waals surface area contributed by atoms with Crippen LogP contribution in [0.4, 0.5) is 13.2 Å². The van der Waals surface area contributed by atoms with Gasteiger partial charge in [-0.05, 0) is 50.6 Å². The van der Waals surface area contributed by atoms with Crippen molar-refractivity contribution >= 4 is 18.3 Å². The van der Waals surface area contributed by atoms with Crippen LogP contribution in [0.2, 0.25) is 0 Å². The van der Waals surface area contributed by atoms with Gasteiger partial charge in [-0.25, -0.2) is 0 Å². The molecule has 0 aromatic carbocycles. The molecule has 128 valence electrons. The van der Waals surface area contributed by atoms with E-state index in [1.54, 1.807) is 0 Å². The Morgan fingerprint density at radius 3 is 2.45 bits per heavy atom. The minimum absolute atomic E-state index is 0. The van der Waals surface area contributed by atoms with E-state index in [9.17, 15) is 23.1 Å². The van der Waals surface area contributed by atoms with E-state index >= 15 is 0 Å². The number of nitrogens with one attached hydrogen (secondary N) is 1. The molecule has 1 aliphatic carbocycles. The van der Waals surface area contributed by atoms with Crippen LogP contribution in [0.15, 0.2) is 0 Å². The lowest BCUT2D eigenvalue weighted by Gasteiger charge is -2.40. The molecule has 8 heteroatoms. The molecule has 22 heavy (non-hydrogen) atoms. The number of alkyl halides is 3. The second-order valence-electron chi connectivity index (χ2n) is 6.76. The SMILES string of the molecule is Cl.O=C(C1CC12CCNCC2)N1CCCC(O)(C(F)(F)F)C1. The average molecular weight is 343 g/mol. The minimum Gasteiger partial charge on any atom is -0.379 e. The summed E-state index contributed by atoms with van der Waals surface area (Å²) >= 11 is 0. The fraction of sp³-hybridized carbons (Fsp3) is 0.929. The normalized spacial score (nSPS) is 34.2. The third-order valence-corrected chi connectivity index (χ3v) is 5.40. The van der Waals surface area contributed by atoms with Crippen molar-refractivity contribution in [3.63, 3.8) is 0 Å². The van der Waals surface area contributed by atoms with Gasteiger partial charge in [0.25, 0.3) is 0 Å². The molecular weight excluding hydrogens is 321 g/mol. The van der Waals surface area contributed by atoms with Gasteiger partial charge in [-0.2, -0.15) is 13.2 Å². The molecule has 2 N–H and O–H groups in total. The standard InChI is InChI=1S/C14H21F3N2O2.ClH/c15-14(16,17)13(21)2-1-7-19(9-13)11(20)10-8-12(10)3-5-18-6-4-12;/h10,18,21H,1-9H2;1H. The fourth-order valence-corrected chi connectivity index (χ4v) is 3.85. The molecule has 2 saturated heterocycles. The molecule has 0 bridgehead atoms. The molecule has 1 saturated carbocycles. The monoisotopic (exact) mass is 342 g/mol. The molecule has 0 aromatic rings. The van der Waals surface area contributed by atoms with Crippen LogP contribution in [0.3, 0.4) is 0 Å². The van der Waals surface area contributed by atoms with Crippen LogP contribution in [-0.4, -0.2) is 53.9 Å². The van der Waals surface area contributed by atoms with Crippen molar-refractivity contribution in [3.8, 4) is 0 Å². The molecule has 3 aliphatic rings. The summed E-state index contributed by atoms with van der Waals surface area (Å²) in [5.74, 6) is -0.338. The Kier molecular flexibility index (Phi) is 4.73. The van der Waals surface area contributed by atoms with Crippen molar-refractivity contribution < 1.29 is 23.1 Å². The van der Waals surface area contributed by atoms with Gasteiger partial charge in [0.05, 0.1) is 6.54 Å². The molecule has 4 nitrogen and oxygen atoms in total. The maximum atomic E-state index is 12.9. The maximum Gasteiger partial charge on any atom is 0.418 e. The predicted molar refractivity (Wildman–Crippen MR) is 76.7 cm³/mol. The largest absolute Gasteiger partial charge is 0.418 e. The van der Waals surface area contributed by atoms with E-state index in [1.807, 2.05) is 0 Å². The van der Waals surface area contributed by atoms with Crippen molar-refractivity contribution in [2.45, 2.75) is 43.9 Å². The van der Waals surface area contributed by atoms with E-state index in [1.165, 1.54) is 4.90 Å². The molecule has 2 aliphatic heterocycles. The Hall–Kier alpha value is -0.530. The van der Waals surface area contributed by atoms with E-state index in [-0.39, 0.29) is 42.5 Å². The van der Waals surface area contributed by atoms with Crippen LogP contribution >= 0.6 is 12.4 Å². The molecule has 0 aromatic heterocycles. The fourth-order valence-electron chi connectivity index (χ4n) is 3.85. The second kappa shape index (κ2) is 5.83. The lowest BCUT2D eigenvalue weighted by atomic mass is 9.89. The number of piperidine rings is 2. The summed E-state index contributed by atoms with van der Waals surface area (Å²) in [6.07, 6.45) is -2.18. The van der Waals surface area contributed by atoms with Crippen LogP contribution < -0.4 is 5.32 Å². The zero-order chi connectivity index (χ0) is 15.3. The van der Waals surface area contributed by atoms with Gasteiger partial charge in [-0.1, -0.05) is 0 Å². The highest BCUT2D eigenvalue weighted by Crippen LogP contribution is 2.59. The summed E-state index contributed by atoms with van der Waals surface area (Å²) in [6.45, 7) is 1.45. The van der Waals surface area contributed by atoms with E-state index in [4.69, 9.17) is 0 Å². The number of nitrogens with zero attached hydrogens (tertiary/aromatic N) is 1. The van der Waals surface area contributed by atoms with E-state index in [0.717, 1.165) is 32.4 Å². The minimum atomic E-state index is -4.68. The first-order valence-corrected chi connectivity index (χ1v) is 7.56. The highest BCUT2D eigenvalue weighted by Gasteiger charge is 2.61. The third kappa shape index (κ3) is 2.95. The Balaban J connectivity index is 0.00000176. The van der Waals surface area contributed by atoms with Gasteiger partial charge in [-0.3, -0.25) is 4.79 Å². The summed E-state index contributed by atoms with van der Waals surface area (Å²) in [5.41, 5.74) is -2.73. The van der Waals surface area contributed by atoms with E-state index < -0.39 is 18.3 Å². The van der Waals surface area contributed by atoms with Gasteiger partial charge in [0.1, 0.15) is 0 Å². The molecule has 0 radical (unpaired) electrons. The predicted octanol–water partition coefficient (Wildman–Crippen LogP) is 1.71. The summed E-state index contributed by atoms with van der Waals surface area (Å²) in [5, 5.41) is 13.0. The number of rotatable bonds is 1. The van der Waals surface area contributed by atoms with Gasteiger partial charge in [-0.15, -0.1) is 12.4 Å².